The van der Waals surface area contributed by atoms with Crippen molar-refractivity contribution in [1.82, 2.24) is 0 Å². The molecule has 0 spiro atoms. The van der Waals surface area contributed by atoms with E-state index in [-0.39, 0.29) is 18.1 Å². The molecule has 0 bridgehead atoms. The smallest absolute Gasteiger partial charge is 0.349 e. The summed E-state index contributed by atoms with van der Waals surface area (Å²) in [6, 6.07) is 21.3. The van der Waals surface area contributed by atoms with Gasteiger partial charge in [-0.25, -0.2) is 4.79 Å². The summed E-state index contributed by atoms with van der Waals surface area (Å²) >= 11 is 0. The van der Waals surface area contributed by atoms with E-state index in [4.69, 9.17) is 13.9 Å². The van der Waals surface area contributed by atoms with Gasteiger partial charge in [-0.2, -0.15) is 0 Å². The number of amides is 2. The van der Waals surface area contributed by atoms with Gasteiger partial charge in [0.1, 0.15) is 22.6 Å². The summed E-state index contributed by atoms with van der Waals surface area (Å²) < 4.78 is 16.6. The summed E-state index contributed by atoms with van der Waals surface area (Å²) in [5.41, 5.74) is 1.81. The Bertz CT molecular complexity index is 1490. The molecule has 8 heteroatoms. The van der Waals surface area contributed by atoms with E-state index in [1.165, 1.54) is 6.07 Å². The summed E-state index contributed by atoms with van der Waals surface area (Å²) in [6.45, 7) is 2.84. The molecule has 3 aromatic carbocycles. The number of para-hydroxylation sites is 1. The molecule has 0 radical (unpaired) electrons. The lowest BCUT2D eigenvalue weighted by Gasteiger charge is -2.29. The summed E-state index contributed by atoms with van der Waals surface area (Å²) in [6.07, 6.45) is 0.634. The molecule has 4 aromatic rings. The zero-order valence-corrected chi connectivity index (χ0v) is 19.7. The number of ether oxygens (including phenoxy) is 2. The Balaban J connectivity index is 1.26. The highest BCUT2D eigenvalue weighted by Crippen LogP contribution is 2.34. The first-order valence-corrected chi connectivity index (χ1v) is 11.6. The Morgan fingerprint density at radius 2 is 1.83 bits per heavy atom. The van der Waals surface area contributed by atoms with Crippen LogP contribution in [0.25, 0.3) is 11.0 Å². The Hall–Kier alpha value is -4.59. The average Bonchev–Trinajstić information content (AvgIpc) is 2.88. The van der Waals surface area contributed by atoms with E-state index in [1.54, 1.807) is 47.4 Å². The maximum atomic E-state index is 12.8. The second-order valence-corrected chi connectivity index (χ2v) is 8.47. The molecule has 0 atom stereocenters. The van der Waals surface area contributed by atoms with Crippen LogP contribution in [-0.4, -0.2) is 31.6 Å². The molecule has 8 nitrogen and oxygen atoms in total. The standard InChI is InChI=1S/C28H24N2O6/c1-18-7-10-21(11-8-18)34-14-4-13-30-23-12-9-20(16-25(23)35-17-26(30)31)29-27(32)22-15-19-5-2-3-6-24(19)36-28(22)33/h2-3,5-12,15-16H,4,13-14,17H2,1H3,(H,29,32). The van der Waals surface area contributed by atoms with Gasteiger partial charge in [0, 0.05) is 23.7 Å². The Kier molecular flexibility index (Phi) is 6.40. The first kappa shape index (κ1) is 23.2. The van der Waals surface area contributed by atoms with Crippen LogP contribution in [0.4, 0.5) is 11.4 Å². The second kappa shape index (κ2) is 9.95. The predicted molar refractivity (Wildman–Crippen MR) is 136 cm³/mol. The third kappa shape index (κ3) is 4.93. The number of anilines is 2. The molecule has 1 N–H and O–H groups in total. The van der Waals surface area contributed by atoms with Crippen molar-refractivity contribution in [3.05, 3.63) is 94.3 Å². The fourth-order valence-corrected chi connectivity index (χ4v) is 3.99. The van der Waals surface area contributed by atoms with Crippen LogP contribution in [0.5, 0.6) is 11.5 Å². The van der Waals surface area contributed by atoms with Crippen LogP contribution in [0.1, 0.15) is 22.3 Å². The van der Waals surface area contributed by atoms with Crippen molar-refractivity contribution < 1.29 is 23.5 Å². The maximum absolute atomic E-state index is 12.8. The number of carbonyl (C=O) groups is 2. The maximum Gasteiger partial charge on any atom is 0.349 e. The number of nitrogens with zero attached hydrogens (tertiary/aromatic N) is 1. The molecule has 2 amide bonds. The number of carbonyl (C=O) groups excluding carboxylic acids is 2. The van der Waals surface area contributed by atoms with Crippen molar-refractivity contribution in [3.63, 3.8) is 0 Å². The van der Waals surface area contributed by atoms with Gasteiger partial charge < -0.3 is 24.1 Å². The van der Waals surface area contributed by atoms with Crippen molar-refractivity contribution in [3.8, 4) is 11.5 Å². The summed E-state index contributed by atoms with van der Waals surface area (Å²) in [7, 11) is 0. The van der Waals surface area contributed by atoms with Gasteiger partial charge in [-0.05, 0) is 49.7 Å². The molecule has 0 fully saturated rings. The zero-order chi connectivity index (χ0) is 25.1. The minimum Gasteiger partial charge on any atom is -0.494 e. The molecule has 1 aromatic heterocycles. The predicted octanol–water partition coefficient (Wildman–Crippen LogP) is 4.55. The van der Waals surface area contributed by atoms with Gasteiger partial charge in [-0.3, -0.25) is 9.59 Å². The van der Waals surface area contributed by atoms with E-state index in [0.29, 0.717) is 47.7 Å². The van der Waals surface area contributed by atoms with E-state index < -0.39 is 11.5 Å². The highest BCUT2D eigenvalue weighted by atomic mass is 16.5. The van der Waals surface area contributed by atoms with Crippen LogP contribution >= 0.6 is 0 Å². The molecule has 0 saturated carbocycles. The topological polar surface area (TPSA) is 98.1 Å². The summed E-state index contributed by atoms with van der Waals surface area (Å²) in [5, 5.41) is 3.36. The van der Waals surface area contributed by atoms with Crippen molar-refractivity contribution in [1.29, 1.82) is 0 Å². The summed E-state index contributed by atoms with van der Waals surface area (Å²) in [5.74, 6) is 0.516. The Morgan fingerprint density at radius 3 is 2.67 bits per heavy atom. The number of benzene rings is 3. The van der Waals surface area contributed by atoms with E-state index in [9.17, 15) is 14.4 Å². The molecule has 1 aliphatic rings. The van der Waals surface area contributed by atoms with Crippen LogP contribution in [0.2, 0.25) is 0 Å². The lowest BCUT2D eigenvalue weighted by molar-refractivity contribution is -0.121. The van der Waals surface area contributed by atoms with Crippen molar-refractivity contribution >= 4 is 34.2 Å². The van der Waals surface area contributed by atoms with Gasteiger partial charge in [-0.1, -0.05) is 35.9 Å². The Morgan fingerprint density at radius 1 is 1.03 bits per heavy atom. The first-order chi connectivity index (χ1) is 17.5. The van der Waals surface area contributed by atoms with Crippen molar-refractivity contribution in [2.45, 2.75) is 13.3 Å². The molecule has 5 rings (SSSR count). The molecule has 0 saturated heterocycles. The molecule has 0 unspecified atom stereocenters. The number of hydrogen-bond acceptors (Lipinski definition) is 6. The number of rotatable bonds is 7. The van der Waals surface area contributed by atoms with Crippen molar-refractivity contribution in [2.75, 3.05) is 30.0 Å². The molecule has 36 heavy (non-hydrogen) atoms. The third-order valence-corrected chi connectivity index (χ3v) is 5.86. The average molecular weight is 485 g/mol. The fourth-order valence-electron chi connectivity index (χ4n) is 3.99. The minimum absolute atomic E-state index is 0.0993. The van der Waals surface area contributed by atoms with Gasteiger partial charge in [0.15, 0.2) is 6.61 Å². The lowest BCUT2D eigenvalue weighted by atomic mass is 10.1. The monoisotopic (exact) mass is 484 g/mol. The van der Waals surface area contributed by atoms with Crippen LogP contribution < -0.4 is 25.3 Å². The highest BCUT2D eigenvalue weighted by Gasteiger charge is 2.26. The minimum atomic E-state index is -0.718. The third-order valence-electron chi connectivity index (χ3n) is 5.86. The fraction of sp³-hybridized carbons (Fsp3) is 0.179. The van der Waals surface area contributed by atoms with E-state index in [0.717, 1.165) is 11.3 Å². The first-order valence-electron chi connectivity index (χ1n) is 11.6. The van der Waals surface area contributed by atoms with E-state index in [1.807, 2.05) is 31.2 Å². The van der Waals surface area contributed by atoms with Gasteiger partial charge in [0.05, 0.1) is 12.3 Å². The van der Waals surface area contributed by atoms with Gasteiger partial charge >= 0.3 is 5.63 Å². The SMILES string of the molecule is Cc1ccc(OCCCN2C(=O)COc3cc(NC(=O)c4cc5ccccc5oc4=O)ccc32)cc1. The largest absolute Gasteiger partial charge is 0.494 e. The van der Waals surface area contributed by atoms with Gasteiger partial charge in [0.2, 0.25) is 0 Å². The van der Waals surface area contributed by atoms with E-state index >= 15 is 0 Å². The second-order valence-electron chi connectivity index (χ2n) is 8.47. The summed E-state index contributed by atoms with van der Waals surface area (Å²) in [4.78, 5) is 39.2. The molecular formula is C28H24N2O6. The van der Waals surface area contributed by atoms with Crippen LogP contribution in [0, 0.1) is 6.92 Å². The highest BCUT2D eigenvalue weighted by molar-refractivity contribution is 6.06. The van der Waals surface area contributed by atoms with Crippen LogP contribution in [-0.2, 0) is 4.79 Å². The lowest BCUT2D eigenvalue weighted by Crippen LogP contribution is -2.39. The van der Waals surface area contributed by atoms with Gasteiger partial charge in [-0.15, -0.1) is 0 Å². The normalized spacial score (nSPS) is 12.7. The van der Waals surface area contributed by atoms with Crippen LogP contribution in [0.15, 0.2) is 82.0 Å². The van der Waals surface area contributed by atoms with E-state index in [2.05, 4.69) is 5.32 Å². The van der Waals surface area contributed by atoms with Crippen LogP contribution in [0.3, 0.4) is 0 Å². The molecule has 2 heterocycles. The van der Waals surface area contributed by atoms with Gasteiger partial charge in [0.25, 0.3) is 11.8 Å². The molecule has 182 valence electrons. The number of nitrogens with one attached hydrogen (secondary N) is 1. The number of hydrogen-bond donors (Lipinski definition) is 1. The quantitative estimate of drug-likeness (QED) is 0.305. The molecule has 1 aliphatic heterocycles. The zero-order valence-electron chi connectivity index (χ0n) is 19.7. The Labute approximate surface area is 207 Å². The molecular weight excluding hydrogens is 460 g/mol. The molecule has 0 aliphatic carbocycles. The number of fused-ring (bicyclic) bond motifs is 2. The number of aryl methyl sites for hydroxylation is 1. The van der Waals surface area contributed by atoms with Crippen molar-refractivity contribution in [2.24, 2.45) is 0 Å².